The third-order valence-corrected chi connectivity index (χ3v) is 4.35. The quantitative estimate of drug-likeness (QED) is 0.527. The summed E-state index contributed by atoms with van der Waals surface area (Å²) < 4.78 is 6.71. The molecule has 29 heavy (non-hydrogen) atoms. The smallest absolute Gasteiger partial charge is 0.252 e. The molecule has 3 aromatic rings. The Morgan fingerprint density at radius 3 is 2.55 bits per heavy atom. The number of hydrogen-bond donors (Lipinski definition) is 2. The Labute approximate surface area is 183 Å². The highest BCUT2D eigenvalue weighted by Gasteiger charge is 2.18. The average Bonchev–Trinajstić information content (AvgIpc) is 2.98. The summed E-state index contributed by atoms with van der Waals surface area (Å²) in [5.74, 6) is -0.121. The third-order valence-electron chi connectivity index (χ3n) is 4.35. The van der Waals surface area contributed by atoms with E-state index in [9.17, 15) is 4.79 Å². The number of amides is 1. The van der Waals surface area contributed by atoms with Gasteiger partial charge in [0.05, 0.1) is 28.9 Å². The number of nitrogens with zero attached hydrogens (tertiary/aromatic N) is 3. The molecule has 2 N–H and O–H groups in total. The van der Waals surface area contributed by atoms with Gasteiger partial charge in [-0.3, -0.25) is 9.48 Å². The number of pyridine rings is 1. The maximum Gasteiger partial charge on any atom is 0.252 e. The van der Waals surface area contributed by atoms with Gasteiger partial charge in [0, 0.05) is 39.4 Å². The fraction of sp³-hybridized carbons (Fsp3) is 0.350. The molecule has 2 aromatic heterocycles. The van der Waals surface area contributed by atoms with Crippen LogP contribution in [-0.2, 0) is 11.8 Å². The van der Waals surface area contributed by atoms with Gasteiger partial charge in [0.15, 0.2) is 5.65 Å². The number of benzene rings is 1. The molecule has 0 radical (unpaired) electrons. The van der Waals surface area contributed by atoms with Gasteiger partial charge < -0.3 is 15.4 Å². The molecule has 0 aliphatic rings. The van der Waals surface area contributed by atoms with Gasteiger partial charge in [-0.1, -0.05) is 30.3 Å². The van der Waals surface area contributed by atoms with Crippen LogP contribution in [0.4, 0.5) is 0 Å². The Morgan fingerprint density at radius 2 is 1.86 bits per heavy atom. The topological polar surface area (TPSA) is 81.1 Å². The standard InChI is InChI=1S/C20H25N5O2.2ClH/c1-14-18-16(20(26)22-10-9-21-11-12-27-3)13-17(15-7-5-4-6-8-15)23-19(18)25(2)24-14;;/h4-8,13,21H,9-12H2,1-3H3,(H,22,26);2*1H. The molecule has 2 heterocycles. The van der Waals surface area contributed by atoms with Crippen molar-refractivity contribution in [2.75, 3.05) is 33.4 Å². The van der Waals surface area contributed by atoms with Crippen LogP contribution in [0.3, 0.4) is 0 Å². The molecular formula is C20H27Cl2N5O2. The van der Waals surface area contributed by atoms with Crippen molar-refractivity contribution in [1.29, 1.82) is 0 Å². The number of methoxy groups -OCH3 is 1. The van der Waals surface area contributed by atoms with E-state index in [0.717, 1.165) is 28.9 Å². The van der Waals surface area contributed by atoms with Crippen LogP contribution in [0.2, 0.25) is 0 Å². The van der Waals surface area contributed by atoms with Crippen LogP contribution in [0.1, 0.15) is 16.1 Å². The Kier molecular flexibility index (Phi) is 10.0. The summed E-state index contributed by atoms with van der Waals surface area (Å²) in [7, 11) is 3.51. The van der Waals surface area contributed by atoms with Gasteiger partial charge in [0.25, 0.3) is 5.91 Å². The zero-order chi connectivity index (χ0) is 19.2. The number of hydrogen-bond acceptors (Lipinski definition) is 5. The summed E-state index contributed by atoms with van der Waals surface area (Å²) >= 11 is 0. The van der Waals surface area contributed by atoms with Gasteiger partial charge in [0.2, 0.25) is 0 Å². The monoisotopic (exact) mass is 439 g/mol. The number of aryl methyl sites for hydroxylation is 2. The summed E-state index contributed by atoms with van der Waals surface area (Å²) in [6.45, 7) is 4.52. The molecule has 0 saturated heterocycles. The van der Waals surface area contributed by atoms with Crippen LogP contribution in [0.5, 0.6) is 0 Å². The number of carbonyl (C=O) groups excluding carboxylic acids is 1. The second-order valence-corrected chi connectivity index (χ2v) is 6.33. The summed E-state index contributed by atoms with van der Waals surface area (Å²) in [6.07, 6.45) is 0. The largest absolute Gasteiger partial charge is 0.383 e. The maximum absolute atomic E-state index is 12.9. The minimum absolute atomic E-state index is 0. The molecule has 1 aromatic carbocycles. The molecule has 9 heteroatoms. The lowest BCUT2D eigenvalue weighted by Gasteiger charge is -2.10. The number of nitrogens with one attached hydrogen (secondary N) is 2. The zero-order valence-corrected chi connectivity index (χ0v) is 18.4. The van der Waals surface area contributed by atoms with Gasteiger partial charge in [-0.25, -0.2) is 4.98 Å². The number of ether oxygens (including phenoxy) is 1. The van der Waals surface area contributed by atoms with Gasteiger partial charge in [-0.15, -0.1) is 24.8 Å². The number of fused-ring (bicyclic) bond motifs is 1. The fourth-order valence-corrected chi connectivity index (χ4v) is 3.04. The summed E-state index contributed by atoms with van der Waals surface area (Å²) in [4.78, 5) is 17.6. The van der Waals surface area contributed by atoms with Crippen LogP contribution < -0.4 is 10.6 Å². The van der Waals surface area contributed by atoms with Crippen molar-refractivity contribution in [2.24, 2.45) is 7.05 Å². The predicted octanol–water partition coefficient (Wildman–Crippen LogP) is 2.75. The first kappa shape index (κ1) is 24.8. The highest BCUT2D eigenvalue weighted by Crippen LogP contribution is 2.26. The number of rotatable bonds is 8. The van der Waals surface area contributed by atoms with Gasteiger partial charge in [-0.05, 0) is 13.0 Å². The van der Waals surface area contributed by atoms with E-state index in [2.05, 4.69) is 15.7 Å². The van der Waals surface area contributed by atoms with Crippen molar-refractivity contribution in [3.05, 3.63) is 47.7 Å². The molecule has 7 nitrogen and oxygen atoms in total. The zero-order valence-electron chi connectivity index (χ0n) is 16.8. The summed E-state index contributed by atoms with van der Waals surface area (Å²) in [5.41, 5.74) is 3.82. The molecule has 0 atom stereocenters. The minimum Gasteiger partial charge on any atom is -0.383 e. The predicted molar refractivity (Wildman–Crippen MR) is 120 cm³/mol. The normalized spacial score (nSPS) is 10.3. The maximum atomic E-state index is 12.9. The van der Waals surface area contributed by atoms with Crippen molar-refractivity contribution in [3.63, 3.8) is 0 Å². The van der Waals surface area contributed by atoms with Gasteiger partial charge in [0.1, 0.15) is 0 Å². The number of halogens is 2. The van der Waals surface area contributed by atoms with Crippen LogP contribution >= 0.6 is 24.8 Å². The Morgan fingerprint density at radius 1 is 1.14 bits per heavy atom. The second-order valence-electron chi connectivity index (χ2n) is 6.33. The molecule has 1 amide bonds. The van der Waals surface area contributed by atoms with Crippen molar-refractivity contribution < 1.29 is 9.53 Å². The Hall–Kier alpha value is -2.19. The van der Waals surface area contributed by atoms with Crippen molar-refractivity contribution in [1.82, 2.24) is 25.4 Å². The van der Waals surface area contributed by atoms with E-state index in [4.69, 9.17) is 9.72 Å². The lowest BCUT2D eigenvalue weighted by atomic mass is 10.0. The Bertz CT molecular complexity index is 932. The fourth-order valence-electron chi connectivity index (χ4n) is 3.04. The van der Waals surface area contributed by atoms with Crippen LogP contribution in [-0.4, -0.2) is 54.0 Å². The van der Waals surface area contributed by atoms with Gasteiger partial charge >= 0.3 is 0 Å². The highest BCUT2D eigenvalue weighted by atomic mass is 35.5. The molecule has 0 aliphatic carbocycles. The van der Waals surface area contributed by atoms with E-state index < -0.39 is 0 Å². The molecule has 3 rings (SSSR count). The molecule has 0 fully saturated rings. The lowest BCUT2D eigenvalue weighted by molar-refractivity contribution is 0.0955. The number of carbonyl (C=O) groups is 1. The molecule has 0 bridgehead atoms. The first-order valence-electron chi connectivity index (χ1n) is 8.99. The lowest BCUT2D eigenvalue weighted by Crippen LogP contribution is -2.33. The van der Waals surface area contributed by atoms with E-state index in [1.165, 1.54) is 0 Å². The van der Waals surface area contributed by atoms with E-state index in [1.807, 2.05) is 50.4 Å². The second kappa shape index (κ2) is 11.7. The highest BCUT2D eigenvalue weighted by molar-refractivity contribution is 6.07. The molecular weight excluding hydrogens is 413 g/mol. The molecule has 0 unspecified atom stereocenters. The number of aromatic nitrogens is 3. The molecule has 158 valence electrons. The molecule has 0 spiro atoms. The third kappa shape index (κ3) is 5.90. The van der Waals surface area contributed by atoms with E-state index in [0.29, 0.717) is 30.9 Å². The van der Waals surface area contributed by atoms with Crippen LogP contribution in [0.15, 0.2) is 36.4 Å². The first-order chi connectivity index (χ1) is 13.1. The van der Waals surface area contributed by atoms with Crippen LogP contribution in [0, 0.1) is 6.92 Å². The van der Waals surface area contributed by atoms with E-state index >= 15 is 0 Å². The first-order valence-corrected chi connectivity index (χ1v) is 8.99. The SMILES string of the molecule is COCCNCCNC(=O)c1cc(-c2ccccc2)nc2c1c(C)nn2C.Cl.Cl. The minimum atomic E-state index is -0.121. The van der Waals surface area contributed by atoms with Crippen LogP contribution in [0.25, 0.3) is 22.3 Å². The van der Waals surface area contributed by atoms with Crippen molar-refractivity contribution >= 4 is 41.8 Å². The van der Waals surface area contributed by atoms with Crippen molar-refractivity contribution in [3.8, 4) is 11.3 Å². The molecule has 0 aliphatic heterocycles. The molecule has 0 saturated carbocycles. The van der Waals surface area contributed by atoms with E-state index in [1.54, 1.807) is 11.8 Å². The van der Waals surface area contributed by atoms with E-state index in [-0.39, 0.29) is 30.7 Å². The Balaban J connectivity index is 0.00000210. The van der Waals surface area contributed by atoms with Gasteiger partial charge in [-0.2, -0.15) is 5.10 Å². The summed E-state index contributed by atoms with van der Waals surface area (Å²) in [5, 5.41) is 11.4. The summed E-state index contributed by atoms with van der Waals surface area (Å²) in [6, 6.07) is 11.7. The average molecular weight is 440 g/mol. The van der Waals surface area contributed by atoms with Crippen molar-refractivity contribution in [2.45, 2.75) is 6.92 Å².